The Kier molecular flexibility index (Phi) is 4.94. The molecule has 0 aliphatic carbocycles. The van der Waals surface area contributed by atoms with Crippen molar-refractivity contribution in [1.82, 2.24) is 4.90 Å². The van der Waals surface area contributed by atoms with Crippen LogP contribution in [-0.4, -0.2) is 37.1 Å². The first kappa shape index (κ1) is 11.5. The molecule has 0 spiro atoms. The van der Waals surface area contributed by atoms with E-state index in [-0.39, 0.29) is 0 Å². The molecule has 2 atom stereocenters. The maximum Gasteiger partial charge on any atom is 0.209 e. The first-order chi connectivity index (χ1) is 6.72. The molecule has 3 heteroatoms. The van der Waals surface area contributed by atoms with Gasteiger partial charge in [-0.25, -0.2) is 0 Å². The number of amides is 1. The number of hydrogen-bond donors (Lipinski definition) is 0. The van der Waals surface area contributed by atoms with Gasteiger partial charge >= 0.3 is 0 Å². The second kappa shape index (κ2) is 6.02. The summed E-state index contributed by atoms with van der Waals surface area (Å²) in [6.45, 7) is 7.20. The van der Waals surface area contributed by atoms with Gasteiger partial charge in [-0.15, -0.1) is 0 Å². The Hall–Kier alpha value is -0.570. The number of rotatable bonds is 1. The fourth-order valence-corrected chi connectivity index (χ4v) is 1.80. The van der Waals surface area contributed by atoms with E-state index < -0.39 is 0 Å². The molecular weight excluding hydrogens is 178 g/mol. The summed E-state index contributed by atoms with van der Waals surface area (Å²) in [4.78, 5) is 11.9. The van der Waals surface area contributed by atoms with Gasteiger partial charge in [0.25, 0.3) is 0 Å². The molecule has 0 bridgehead atoms. The Morgan fingerprint density at radius 1 is 1.36 bits per heavy atom. The van der Waals surface area contributed by atoms with Crippen molar-refractivity contribution >= 4 is 6.41 Å². The number of nitrogens with zero attached hydrogens (tertiary/aromatic N) is 1. The van der Waals surface area contributed by atoms with Crippen molar-refractivity contribution < 1.29 is 9.53 Å². The highest BCUT2D eigenvalue weighted by Gasteiger charge is 2.15. The van der Waals surface area contributed by atoms with Crippen molar-refractivity contribution in [3.05, 3.63) is 0 Å². The Morgan fingerprint density at radius 3 is 2.36 bits per heavy atom. The zero-order chi connectivity index (χ0) is 10.4. The Balaban J connectivity index is 0.000000146. The van der Waals surface area contributed by atoms with E-state index in [1.807, 2.05) is 4.90 Å². The normalized spacial score (nSPS) is 31.1. The molecule has 2 saturated heterocycles. The molecule has 2 heterocycles. The number of ether oxygens (including phenoxy) is 1. The molecule has 1 amide bonds. The number of hydrogen-bond acceptors (Lipinski definition) is 2. The standard InChI is InChI=1S/C6H11NO.C5H10O/c1-6-2-3-7(4-6)5-8;1-5-3-2-4-6-5/h5-6H,2-4H2,1H3;5H,2-4H2,1H3. The lowest BCUT2D eigenvalue weighted by molar-refractivity contribution is -0.117. The molecule has 0 aromatic carbocycles. The van der Waals surface area contributed by atoms with Gasteiger partial charge < -0.3 is 9.64 Å². The summed E-state index contributed by atoms with van der Waals surface area (Å²) in [7, 11) is 0. The largest absolute Gasteiger partial charge is 0.379 e. The lowest BCUT2D eigenvalue weighted by Crippen LogP contribution is -2.17. The molecule has 2 fully saturated rings. The van der Waals surface area contributed by atoms with E-state index in [1.165, 1.54) is 19.3 Å². The minimum atomic E-state index is 0.546. The van der Waals surface area contributed by atoms with Crippen LogP contribution in [0.25, 0.3) is 0 Å². The highest BCUT2D eigenvalue weighted by molar-refractivity contribution is 5.47. The lowest BCUT2D eigenvalue weighted by Gasteiger charge is -2.04. The van der Waals surface area contributed by atoms with Crippen LogP contribution in [0.2, 0.25) is 0 Å². The smallest absolute Gasteiger partial charge is 0.209 e. The van der Waals surface area contributed by atoms with Gasteiger partial charge in [0.15, 0.2) is 0 Å². The topological polar surface area (TPSA) is 29.5 Å². The number of likely N-dealkylation sites (tertiary alicyclic amines) is 1. The van der Waals surface area contributed by atoms with Crippen LogP contribution in [0, 0.1) is 5.92 Å². The molecule has 2 unspecified atom stereocenters. The molecule has 2 aliphatic heterocycles. The van der Waals surface area contributed by atoms with Gasteiger partial charge in [-0.2, -0.15) is 0 Å². The van der Waals surface area contributed by atoms with Gasteiger partial charge in [0.2, 0.25) is 6.41 Å². The maximum atomic E-state index is 10.1. The van der Waals surface area contributed by atoms with Crippen LogP contribution in [0.5, 0.6) is 0 Å². The van der Waals surface area contributed by atoms with Crippen LogP contribution in [-0.2, 0) is 9.53 Å². The third-order valence-corrected chi connectivity index (χ3v) is 2.76. The van der Waals surface area contributed by atoms with Gasteiger partial charge in [-0.05, 0) is 32.1 Å². The van der Waals surface area contributed by atoms with Crippen molar-refractivity contribution in [2.75, 3.05) is 19.7 Å². The van der Waals surface area contributed by atoms with Crippen LogP contribution >= 0.6 is 0 Å². The Labute approximate surface area is 86.4 Å². The third kappa shape index (κ3) is 4.09. The molecule has 2 rings (SSSR count). The molecule has 0 aromatic rings. The fraction of sp³-hybridized carbons (Fsp3) is 0.909. The average molecular weight is 199 g/mol. The third-order valence-electron chi connectivity index (χ3n) is 2.76. The minimum absolute atomic E-state index is 0.546. The fourth-order valence-electron chi connectivity index (χ4n) is 1.80. The van der Waals surface area contributed by atoms with Gasteiger partial charge in [0.1, 0.15) is 0 Å². The molecule has 2 aliphatic rings. The Bertz CT molecular complexity index is 167. The van der Waals surface area contributed by atoms with Gasteiger partial charge in [0, 0.05) is 19.7 Å². The van der Waals surface area contributed by atoms with Crippen molar-refractivity contribution in [3.8, 4) is 0 Å². The zero-order valence-electron chi connectivity index (χ0n) is 9.24. The highest BCUT2D eigenvalue weighted by Crippen LogP contribution is 2.12. The van der Waals surface area contributed by atoms with Crippen LogP contribution in [0.1, 0.15) is 33.1 Å². The molecule has 14 heavy (non-hydrogen) atoms. The summed E-state index contributed by atoms with van der Waals surface area (Å²) in [5, 5.41) is 0. The SMILES string of the molecule is CC1CCCO1.CC1CCN(C=O)C1. The van der Waals surface area contributed by atoms with Gasteiger partial charge in [-0.1, -0.05) is 6.92 Å². The molecule has 3 nitrogen and oxygen atoms in total. The number of carbonyl (C=O) groups is 1. The van der Waals surface area contributed by atoms with Crippen molar-refractivity contribution in [1.29, 1.82) is 0 Å². The summed E-state index contributed by atoms with van der Waals surface area (Å²) in [5.74, 6) is 0.722. The quantitative estimate of drug-likeness (QED) is 0.601. The van der Waals surface area contributed by atoms with E-state index in [0.29, 0.717) is 6.10 Å². The molecule has 0 aromatic heterocycles. The zero-order valence-corrected chi connectivity index (χ0v) is 9.24. The van der Waals surface area contributed by atoms with Crippen LogP contribution in [0.4, 0.5) is 0 Å². The van der Waals surface area contributed by atoms with E-state index in [4.69, 9.17) is 4.74 Å². The van der Waals surface area contributed by atoms with E-state index in [2.05, 4.69) is 13.8 Å². The highest BCUT2D eigenvalue weighted by atomic mass is 16.5. The van der Waals surface area contributed by atoms with E-state index in [9.17, 15) is 4.79 Å². The second-order valence-electron chi connectivity index (χ2n) is 4.32. The van der Waals surface area contributed by atoms with E-state index in [1.54, 1.807) is 0 Å². The Morgan fingerprint density at radius 2 is 2.14 bits per heavy atom. The molecule has 0 radical (unpaired) electrons. The maximum absolute atomic E-state index is 10.1. The van der Waals surface area contributed by atoms with Crippen molar-refractivity contribution in [2.45, 2.75) is 39.2 Å². The van der Waals surface area contributed by atoms with Crippen LogP contribution in [0.15, 0.2) is 0 Å². The first-order valence-electron chi connectivity index (χ1n) is 5.53. The van der Waals surface area contributed by atoms with Crippen molar-refractivity contribution in [2.24, 2.45) is 5.92 Å². The van der Waals surface area contributed by atoms with E-state index in [0.717, 1.165) is 32.0 Å². The van der Waals surface area contributed by atoms with Gasteiger partial charge in [0.05, 0.1) is 6.10 Å². The lowest BCUT2D eigenvalue weighted by atomic mass is 10.2. The molecule has 0 N–H and O–H groups in total. The summed E-state index contributed by atoms with van der Waals surface area (Å²) < 4.78 is 5.15. The molecule has 0 saturated carbocycles. The summed E-state index contributed by atoms with van der Waals surface area (Å²) in [6.07, 6.45) is 5.19. The van der Waals surface area contributed by atoms with E-state index >= 15 is 0 Å². The average Bonchev–Trinajstić information content (AvgIpc) is 2.77. The second-order valence-corrected chi connectivity index (χ2v) is 4.32. The first-order valence-corrected chi connectivity index (χ1v) is 5.53. The monoisotopic (exact) mass is 199 g/mol. The van der Waals surface area contributed by atoms with Crippen molar-refractivity contribution in [3.63, 3.8) is 0 Å². The van der Waals surface area contributed by atoms with Crippen LogP contribution < -0.4 is 0 Å². The summed E-state index contributed by atoms with van der Waals surface area (Å²) in [5.41, 5.74) is 0. The summed E-state index contributed by atoms with van der Waals surface area (Å²) in [6, 6.07) is 0. The molecular formula is C11H21NO2. The predicted octanol–water partition coefficient (Wildman–Crippen LogP) is 1.67. The molecule has 82 valence electrons. The number of carbonyl (C=O) groups excluding carboxylic acids is 1. The predicted molar refractivity (Wildman–Crippen MR) is 56.1 cm³/mol. The summed E-state index contributed by atoms with van der Waals surface area (Å²) >= 11 is 0. The van der Waals surface area contributed by atoms with Crippen LogP contribution in [0.3, 0.4) is 0 Å². The van der Waals surface area contributed by atoms with Gasteiger partial charge in [-0.3, -0.25) is 4.79 Å². The minimum Gasteiger partial charge on any atom is -0.379 e.